The summed E-state index contributed by atoms with van der Waals surface area (Å²) in [4.78, 5) is 12.2. The van der Waals surface area contributed by atoms with Crippen molar-refractivity contribution in [1.82, 2.24) is 15.0 Å². The molecule has 3 aromatic heterocycles. The van der Waals surface area contributed by atoms with Gasteiger partial charge in [0.2, 0.25) is 5.75 Å². The predicted molar refractivity (Wildman–Crippen MR) is 105 cm³/mol. The van der Waals surface area contributed by atoms with Crippen LogP contribution in [0, 0.1) is 5.82 Å². The zero-order valence-electron chi connectivity index (χ0n) is 14.5. The van der Waals surface area contributed by atoms with Crippen LogP contribution in [0.3, 0.4) is 0 Å². The molecule has 0 bridgehead atoms. The summed E-state index contributed by atoms with van der Waals surface area (Å²) in [5.41, 5.74) is 8.20. The molecule has 1 aromatic carbocycles. The standard InChI is InChI=1S/C19H13Cl2FN4O2/c1-9(15-13(20)2-3-14(22)16(15)21)28-18-17-11(6-26-19(18)23)12(7-27-17)10-4-24-8-25-5-10/h2-9H,1H3,(H2,23,26)/t9-/m1/s1. The average molecular weight is 419 g/mol. The van der Waals surface area contributed by atoms with Crippen LogP contribution in [-0.2, 0) is 0 Å². The number of fused-ring (bicyclic) bond motifs is 1. The lowest BCUT2D eigenvalue weighted by molar-refractivity contribution is 0.227. The van der Waals surface area contributed by atoms with Crippen LogP contribution in [0.25, 0.3) is 22.1 Å². The molecule has 0 radical (unpaired) electrons. The van der Waals surface area contributed by atoms with Crippen molar-refractivity contribution in [2.75, 3.05) is 5.73 Å². The van der Waals surface area contributed by atoms with E-state index in [2.05, 4.69) is 15.0 Å². The first-order chi connectivity index (χ1) is 13.5. The predicted octanol–water partition coefficient (Wildman–Crippen LogP) is 5.45. The number of hydrogen-bond acceptors (Lipinski definition) is 6. The molecule has 4 aromatic rings. The second-order valence-corrected chi connectivity index (χ2v) is 6.79. The first-order valence-electron chi connectivity index (χ1n) is 8.18. The van der Waals surface area contributed by atoms with Crippen molar-refractivity contribution in [2.24, 2.45) is 0 Å². The van der Waals surface area contributed by atoms with Crippen molar-refractivity contribution in [3.63, 3.8) is 0 Å². The number of pyridine rings is 1. The summed E-state index contributed by atoms with van der Waals surface area (Å²) in [5.74, 6) is -0.261. The van der Waals surface area contributed by atoms with E-state index in [4.69, 9.17) is 38.1 Å². The lowest BCUT2D eigenvalue weighted by Gasteiger charge is -2.18. The fourth-order valence-electron chi connectivity index (χ4n) is 2.91. The number of nitrogens with zero attached hydrogens (tertiary/aromatic N) is 3. The number of rotatable bonds is 4. The monoisotopic (exact) mass is 418 g/mol. The number of hydrogen-bond donors (Lipinski definition) is 1. The van der Waals surface area contributed by atoms with Crippen molar-refractivity contribution < 1.29 is 13.5 Å². The molecule has 0 aliphatic carbocycles. The number of nitrogens with two attached hydrogens (primary N) is 1. The number of furan rings is 1. The third-order valence-corrected chi connectivity index (χ3v) is 4.97. The molecule has 9 heteroatoms. The first kappa shape index (κ1) is 18.5. The normalized spacial score (nSPS) is 12.3. The molecule has 0 saturated carbocycles. The van der Waals surface area contributed by atoms with E-state index in [1.54, 1.807) is 31.8 Å². The lowest BCUT2D eigenvalue weighted by Crippen LogP contribution is -2.08. The van der Waals surface area contributed by atoms with Gasteiger partial charge in [0.1, 0.15) is 24.5 Å². The van der Waals surface area contributed by atoms with Crippen LogP contribution >= 0.6 is 23.2 Å². The van der Waals surface area contributed by atoms with E-state index in [1.165, 1.54) is 18.5 Å². The number of anilines is 1. The summed E-state index contributed by atoms with van der Waals surface area (Å²) in [6, 6.07) is 2.61. The topological polar surface area (TPSA) is 87.1 Å². The maximum Gasteiger partial charge on any atom is 0.205 e. The molecule has 4 rings (SSSR count). The molecule has 0 amide bonds. The zero-order valence-corrected chi connectivity index (χ0v) is 16.0. The molecule has 0 aliphatic heterocycles. The number of nitrogen functional groups attached to an aromatic ring is 1. The fraction of sp³-hybridized carbons (Fsp3) is 0.105. The van der Waals surface area contributed by atoms with E-state index in [-0.39, 0.29) is 21.6 Å². The van der Waals surface area contributed by atoms with Gasteiger partial charge in [-0.1, -0.05) is 23.2 Å². The van der Waals surface area contributed by atoms with Crippen LogP contribution < -0.4 is 10.5 Å². The van der Waals surface area contributed by atoms with Crippen LogP contribution in [0.4, 0.5) is 10.2 Å². The summed E-state index contributed by atoms with van der Waals surface area (Å²) in [7, 11) is 0. The van der Waals surface area contributed by atoms with Gasteiger partial charge in [0.25, 0.3) is 0 Å². The summed E-state index contributed by atoms with van der Waals surface area (Å²) >= 11 is 12.3. The van der Waals surface area contributed by atoms with Crippen molar-refractivity contribution >= 4 is 40.0 Å². The highest BCUT2D eigenvalue weighted by Crippen LogP contribution is 2.41. The SMILES string of the molecule is C[C@@H](Oc1c(N)ncc2c(-c3cncnc3)coc12)c1c(Cl)ccc(F)c1Cl. The molecule has 0 spiro atoms. The second-order valence-electron chi connectivity index (χ2n) is 6.01. The molecular formula is C19H13Cl2FN4O2. The van der Waals surface area contributed by atoms with E-state index in [0.717, 1.165) is 11.1 Å². The molecular weight excluding hydrogens is 406 g/mol. The average Bonchev–Trinajstić information content (AvgIpc) is 3.12. The summed E-state index contributed by atoms with van der Waals surface area (Å²) in [6.07, 6.45) is 7.16. The zero-order chi connectivity index (χ0) is 19.8. The van der Waals surface area contributed by atoms with Crippen LogP contribution in [0.2, 0.25) is 10.0 Å². The van der Waals surface area contributed by atoms with Crippen LogP contribution in [0.15, 0.2) is 47.7 Å². The lowest BCUT2D eigenvalue weighted by atomic mass is 10.1. The number of ether oxygens (including phenoxy) is 1. The minimum Gasteiger partial charge on any atom is -0.478 e. The second kappa shape index (κ2) is 7.26. The third kappa shape index (κ3) is 3.12. The Morgan fingerprint density at radius 1 is 1.18 bits per heavy atom. The minimum absolute atomic E-state index is 0.111. The van der Waals surface area contributed by atoms with Crippen LogP contribution in [0.1, 0.15) is 18.6 Å². The molecule has 0 aliphatic rings. The van der Waals surface area contributed by atoms with Crippen LogP contribution in [-0.4, -0.2) is 15.0 Å². The summed E-state index contributed by atoms with van der Waals surface area (Å²) in [6.45, 7) is 1.68. The highest BCUT2D eigenvalue weighted by Gasteiger charge is 2.23. The van der Waals surface area contributed by atoms with E-state index in [0.29, 0.717) is 16.5 Å². The van der Waals surface area contributed by atoms with Gasteiger partial charge < -0.3 is 14.9 Å². The Morgan fingerprint density at radius 3 is 2.68 bits per heavy atom. The van der Waals surface area contributed by atoms with Crippen molar-refractivity contribution in [3.05, 3.63) is 64.7 Å². The van der Waals surface area contributed by atoms with E-state index < -0.39 is 11.9 Å². The number of benzene rings is 1. The summed E-state index contributed by atoms with van der Waals surface area (Å²) in [5, 5.41) is 0.835. The highest BCUT2D eigenvalue weighted by atomic mass is 35.5. The fourth-order valence-corrected chi connectivity index (χ4v) is 3.58. The molecule has 1 atom stereocenters. The molecule has 0 saturated heterocycles. The van der Waals surface area contributed by atoms with Crippen molar-refractivity contribution in [2.45, 2.75) is 13.0 Å². The molecule has 3 heterocycles. The van der Waals surface area contributed by atoms with Gasteiger partial charge in [0.15, 0.2) is 11.4 Å². The Bertz CT molecular complexity index is 1170. The van der Waals surface area contributed by atoms with E-state index >= 15 is 0 Å². The first-order valence-corrected chi connectivity index (χ1v) is 8.94. The Labute approximate surface area is 169 Å². The van der Waals surface area contributed by atoms with Crippen LogP contribution in [0.5, 0.6) is 5.75 Å². The Kier molecular flexibility index (Phi) is 4.78. The maximum absolute atomic E-state index is 13.9. The molecule has 28 heavy (non-hydrogen) atoms. The maximum atomic E-state index is 13.9. The number of halogens is 3. The third-order valence-electron chi connectivity index (χ3n) is 4.25. The van der Waals surface area contributed by atoms with Gasteiger partial charge in [-0.15, -0.1) is 0 Å². The van der Waals surface area contributed by atoms with Gasteiger partial charge in [0.05, 0.1) is 10.4 Å². The Morgan fingerprint density at radius 2 is 1.93 bits per heavy atom. The molecule has 6 nitrogen and oxygen atoms in total. The van der Waals surface area contributed by atoms with Gasteiger partial charge in [-0.3, -0.25) is 0 Å². The van der Waals surface area contributed by atoms with Gasteiger partial charge in [0, 0.05) is 40.3 Å². The smallest absolute Gasteiger partial charge is 0.205 e. The number of aromatic nitrogens is 3. The van der Waals surface area contributed by atoms with Gasteiger partial charge in [-0.05, 0) is 19.1 Å². The molecule has 2 N–H and O–H groups in total. The largest absolute Gasteiger partial charge is 0.478 e. The highest BCUT2D eigenvalue weighted by molar-refractivity contribution is 6.36. The van der Waals surface area contributed by atoms with E-state index in [1.807, 2.05) is 0 Å². The van der Waals surface area contributed by atoms with Gasteiger partial charge in [-0.2, -0.15) is 0 Å². The quantitative estimate of drug-likeness (QED) is 0.443. The summed E-state index contributed by atoms with van der Waals surface area (Å²) < 4.78 is 25.5. The van der Waals surface area contributed by atoms with Gasteiger partial charge in [-0.25, -0.2) is 19.3 Å². The Hall–Kier alpha value is -2.90. The Balaban J connectivity index is 1.79. The van der Waals surface area contributed by atoms with E-state index in [9.17, 15) is 4.39 Å². The van der Waals surface area contributed by atoms with Crippen molar-refractivity contribution in [3.8, 4) is 16.9 Å². The minimum atomic E-state index is -0.709. The van der Waals surface area contributed by atoms with Crippen molar-refractivity contribution in [1.29, 1.82) is 0 Å². The molecule has 0 unspecified atom stereocenters. The molecule has 0 fully saturated rings. The van der Waals surface area contributed by atoms with Gasteiger partial charge >= 0.3 is 0 Å². The molecule has 142 valence electrons.